The van der Waals surface area contributed by atoms with Crippen LogP contribution in [-0.2, 0) is 9.53 Å². The monoisotopic (exact) mass is 458 g/mol. The van der Waals surface area contributed by atoms with Crippen LogP contribution in [0.5, 0.6) is 0 Å². The Balaban J connectivity index is 1.58. The predicted molar refractivity (Wildman–Crippen MR) is 110 cm³/mol. The Hall–Kier alpha value is 0.360. The quantitative estimate of drug-likeness (QED) is 0.374. The molecular weight excluding hydrogens is 423 g/mol. The average Bonchev–Trinajstić information content (AvgIpc) is 2.85. The standard InChI is InChI=1S/C22H35IO2/c1-13-12-22(4)15(11-19(13)24)5-6-16-17-7-8-20(25-14(2)23)21(17,3)10-9-18(16)22/h13-18,20H,5-12H2,1-4H3/t13-,14?,15+,16+,17+,18+,20+,21+,22+/m1/s1. The summed E-state index contributed by atoms with van der Waals surface area (Å²) in [6.45, 7) is 9.44. The molecule has 2 nitrogen and oxygen atoms in total. The molecule has 0 heterocycles. The highest BCUT2D eigenvalue weighted by molar-refractivity contribution is 14.1. The molecule has 1 unspecified atom stereocenters. The maximum Gasteiger partial charge on any atom is 0.136 e. The van der Waals surface area contributed by atoms with Gasteiger partial charge in [-0.15, -0.1) is 0 Å². The third kappa shape index (κ3) is 2.85. The van der Waals surface area contributed by atoms with Crippen LogP contribution in [0.1, 0.15) is 79.1 Å². The second-order valence-corrected chi connectivity index (χ2v) is 12.0. The molecule has 25 heavy (non-hydrogen) atoms. The second-order valence-electron chi connectivity index (χ2n) is 10.2. The third-order valence-corrected chi connectivity index (χ3v) is 9.37. The lowest BCUT2D eigenvalue weighted by Gasteiger charge is -2.60. The minimum atomic E-state index is 0.285. The molecule has 0 aromatic carbocycles. The summed E-state index contributed by atoms with van der Waals surface area (Å²) in [5.74, 6) is 4.04. The van der Waals surface area contributed by atoms with Gasteiger partial charge < -0.3 is 4.74 Å². The topological polar surface area (TPSA) is 26.3 Å². The van der Waals surface area contributed by atoms with Crippen LogP contribution in [-0.4, -0.2) is 16.0 Å². The van der Waals surface area contributed by atoms with Gasteiger partial charge in [-0.2, -0.15) is 0 Å². The van der Waals surface area contributed by atoms with Gasteiger partial charge in [0.2, 0.25) is 0 Å². The minimum Gasteiger partial charge on any atom is -0.364 e. The summed E-state index contributed by atoms with van der Waals surface area (Å²) in [7, 11) is 0. The molecule has 4 saturated carbocycles. The van der Waals surface area contributed by atoms with E-state index in [-0.39, 0.29) is 5.92 Å². The van der Waals surface area contributed by atoms with Gasteiger partial charge in [-0.1, -0.05) is 43.4 Å². The molecule has 4 aliphatic carbocycles. The molecule has 9 atom stereocenters. The Bertz CT molecular complexity index is 546. The molecule has 0 aliphatic heterocycles. The Morgan fingerprint density at radius 2 is 1.80 bits per heavy atom. The third-order valence-electron chi connectivity index (χ3n) is 9.07. The fourth-order valence-corrected chi connectivity index (χ4v) is 8.16. The van der Waals surface area contributed by atoms with Gasteiger partial charge in [-0.05, 0) is 86.4 Å². The van der Waals surface area contributed by atoms with Gasteiger partial charge in [0.25, 0.3) is 0 Å². The highest BCUT2D eigenvalue weighted by Gasteiger charge is 2.61. The summed E-state index contributed by atoms with van der Waals surface area (Å²) < 4.78 is 6.68. The summed E-state index contributed by atoms with van der Waals surface area (Å²) in [6.07, 6.45) is 10.4. The van der Waals surface area contributed by atoms with E-state index in [4.69, 9.17) is 4.74 Å². The summed E-state index contributed by atoms with van der Waals surface area (Å²) >= 11 is 2.42. The van der Waals surface area contributed by atoms with E-state index in [0.717, 1.165) is 30.6 Å². The molecule has 0 radical (unpaired) electrons. The van der Waals surface area contributed by atoms with Crippen LogP contribution >= 0.6 is 22.6 Å². The van der Waals surface area contributed by atoms with Crippen molar-refractivity contribution >= 4 is 28.4 Å². The van der Waals surface area contributed by atoms with Crippen molar-refractivity contribution in [2.45, 2.75) is 89.3 Å². The molecule has 4 fully saturated rings. The molecule has 4 aliphatic rings. The summed E-state index contributed by atoms with van der Waals surface area (Å²) in [5.41, 5.74) is 0.799. The van der Waals surface area contributed by atoms with Gasteiger partial charge in [0.1, 0.15) is 9.89 Å². The molecular formula is C22H35IO2. The average molecular weight is 458 g/mol. The molecule has 0 bridgehead atoms. The zero-order valence-corrected chi connectivity index (χ0v) is 18.6. The van der Waals surface area contributed by atoms with Crippen molar-refractivity contribution in [3.63, 3.8) is 0 Å². The van der Waals surface area contributed by atoms with E-state index in [1.54, 1.807) is 0 Å². The predicted octanol–water partition coefficient (Wildman–Crippen LogP) is 6.01. The van der Waals surface area contributed by atoms with E-state index in [9.17, 15) is 4.79 Å². The summed E-state index contributed by atoms with van der Waals surface area (Å²) in [5, 5.41) is 0. The molecule has 3 heteroatoms. The molecule has 0 aromatic rings. The molecule has 142 valence electrons. The fraction of sp³-hybridized carbons (Fsp3) is 0.955. The van der Waals surface area contributed by atoms with Crippen LogP contribution in [0.15, 0.2) is 0 Å². The number of halogens is 1. The SMILES string of the molecule is CC(I)O[C@H]1CC[C@H]2[C@@H]3CC[C@H]4CC(=O)[C@H](C)C[C@]4(C)[C@H]3CC[C@]12C. The molecule has 0 amide bonds. The highest BCUT2D eigenvalue weighted by atomic mass is 127. The maximum atomic E-state index is 12.3. The summed E-state index contributed by atoms with van der Waals surface area (Å²) in [4.78, 5) is 12.3. The maximum absolute atomic E-state index is 12.3. The van der Waals surface area contributed by atoms with Gasteiger partial charge >= 0.3 is 0 Å². The Labute approximate surface area is 167 Å². The second kappa shape index (κ2) is 6.46. The van der Waals surface area contributed by atoms with Gasteiger partial charge in [0.15, 0.2) is 0 Å². The van der Waals surface area contributed by atoms with Crippen LogP contribution in [0.25, 0.3) is 0 Å². The lowest BCUT2D eigenvalue weighted by molar-refractivity contribution is -0.151. The first-order valence-electron chi connectivity index (χ1n) is 10.6. The number of hydrogen-bond donors (Lipinski definition) is 0. The first-order chi connectivity index (χ1) is 11.8. The van der Waals surface area contributed by atoms with Crippen LogP contribution < -0.4 is 0 Å². The Morgan fingerprint density at radius 1 is 1.08 bits per heavy atom. The number of Topliss-reactive ketones (excluding diaryl/α,β-unsaturated/α-hetero) is 1. The Kier molecular flexibility index (Phi) is 4.84. The highest BCUT2D eigenvalue weighted by Crippen LogP contribution is 2.66. The van der Waals surface area contributed by atoms with Crippen LogP contribution in [0, 0.1) is 40.4 Å². The van der Waals surface area contributed by atoms with Crippen LogP contribution in [0.4, 0.5) is 0 Å². The van der Waals surface area contributed by atoms with Gasteiger partial charge in [-0.3, -0.25) is 4.79 Å². The van der Waals surface area contributed by atoms with E-state index < -0.39 is 0 Å². The number of fused-ring (bicyclic) bond motifs is 5. The van der Waals surface area contributed by atoms with Crippen molar-refractivity contribution in [3.05, 3.63) is 0 Å². The van der Waals surface area contributed by atoms with Crippen molar-refractivity contribution in [1.82, 2.24) is 0 Å². The zero-order valence-electron chi connectivity index (χ0n) is 16.4. The molecule has 4 rings (SSSR count). The fourth-order valence-electron chi connectivity index (χ4n) is 7.81. The van der Waals surface area contributed by atoms with Gasteiger partial charge in [-0.25, -0.2) is 0 Å². The normalized spacial score (nSPS) is 53.7. The summed E-state index contributed by atoms with van der Waals surface area (Å²) in [6, 6.07) is 0. The van der Waals surface area contributed by atoms with E-state index >= 15 is 0 Å². The largest absolute Gasteiger partial charge is 0.364 e. The number of rotatable bonds is 2. The van der Waals surface area contributed by atoms with Crippen LogP contribution in [0.2, 0.25) is 0 Å². The number of ketones is 1. The van der Waals surface area contributed by atoms with Crippen LogP contribution in [0.3, 0.4) is 0 Å². The number of ether oxygens (including phenoxy) is 1. The number of alkyl halides is 1. The molecule has 0 saturated heterocycles. The zero-order chi connectivity index (χ0) is 18.0. The van der Waals surface area contributed by atoms with E-state index in [1.165, 1.54) is 38.5 Å². The van der Waals surface area contributed by atoms with E-state index in [1.807, 2.05) is 0 Å². The van der Waals surface area contributed by atoms with Crippen molar-refractivity contribution in [2.24, 2.45) is 40.4 Å². The number of hydrogen-bond acceptors (Lipinski definition) is 2. The van der Waals surface area contributed by atoms with Crippen molar-refractivity contribution in [3.8, 4) is 0 Å². The Morgan fingerprint density at radius 3 is 2.52 bits per heavy atom. The first-order valence-corrected chi connectivity index (χ1v) is 11.8. The minimum absolute atomic E-state index is 0.285. The van der Waals surface area contributed by atoms with E-state index in [0.29, 0.717) is 32.7 Å². The molecule has 0 spiro atoms. The van der Waals surface area contributed by atoms with Crippen molar-refractivity contribution in [1.29, 1.82) is 0 Å². The number of carbonyl (C=O) groups is 1. The van der Waals surface area contributed by atoms with E-state index in [2.05, 4.69) is 50.3 Å². The smallest absolute Gasteiger partial charge is 0.136 e. The van der Waals surface area contributed by atoms with Crippen molar-refractivity contribution < 1.29 is 9.53 Å². The van der Waals surface area contributed by atoms with Gasteiger partial charge in [0.05, 0.1) is 6.10 Å². The molecule has 0 N–H and O–H groups in total. The van der Waals surface area contributed by atoms with Crippen molar-refractivity contribution in [2.75, 3.05) is 0 Å². The lowest BCUT2D eigenvalue weighted by Crippen LogP contribution is -2.55. The number of carbonyl (C=O) groups excluding carboxylic acids is 1. The lowest BCUT2D eigenvalue weighted by atomic mass is 9.44. The first kappa shape index (κ1) is 18.7. The van der Waals surface area contributed by atoms with Gasteiger partial charge in [0, 0.05) is 12.3 Å². The molecule has 0 aromatic heterocycles.